The number of ether oxygens (including phenoxy) is 1. The van der Waals surface area contributed by atoms with Crippen LogP contribution < -0.4 is 9.84 Å². The van der Waals surface area contributed by atoms with Gasteiger partial charge in [-0.2, -0.15) is 0 Å². The van der Waals surface area contributed by atoms with Gasteiger partial charge in [0, 0.05) is 24.5 Å². The number of carboxylic acids is 1. The number of aromatic carboxylic acids is 1. The average molecular weight is 341 g/mol. The van der Waals surface area contributed by atoms with E-state index < -0.39 is 23.3 Å². The fraction of sp³-hybridized carbons (Fsp3) is 0.611. The molecule has 6 heteroatoms. The maximum absolute atomic E-state index is 13.8. The molecule has 2 saturated carbocycles. The Morgan fingerprint density at radius 1 is 1.21 bits per heavy atom. The Morgan fingerprint density at radius 3 is 2.46 bits per heavy atom. The van der Waals surface area contributed by atoms with Gasteiger partial charge in [-0.05, 0) is 55.6 Å². The van der Waals surface area contributed by atoms with Crippen LogP contribution >= 0.6 is 0 Å². The fourth-order valence-electron chi connectivity index (χ4n) is 3.29. The SMILES string of the molecule is O=C([O-])c1cc(C2CC2)c(OCCC2CCC(F)(F)CC2)cc1F. The minimum absolute atomic E-state index is 0.0834. The van der Waals surface area contributed by atoms with E-state index in [9.17, 15) is 23.1 Å². The maximum Gasteiger partial charge on any atom is 0.248 e. The van der Waals surface area contributed by atoms with Crippen LogP contribution in [-0.4, -0.2) is 18.5 Å². The first kappa shape index (κ1) is 17.1. The van der Waals surface area contributed by atoms with E-state index in [-0.39, 0.29) is 24.7 Å². The summed E-state index contributed by atoms with van der Waals surface area (Å²) < 4.78 is 45.8. The minimum Gasteiger partial charge on any atom is -0.545 e. The molecular formula is C18H20F3O3-. The van der Waals surface area contributed by atoms with Crippen molar-refractivity contribution in [3.05, 3.63) is 29.1 Å². The Balaban J connectivity index is 1.61. The first-order valence-corrected chi connectivity index (χ1v) is 8.41. The highest BCUT2D eigenvalue weighted by atomic mass is 19.3. The summed E-state index contributed by atoms with van der Waals surface area (Å²) in [4.78, 5) is 10.9. The highest BCUT2D eigenvalue weighted by molar-refractivity contribution is 5.86. The van der Waals surface area contributed by atoms with Gasteiger partial charge >= 0.3 is 0 Å². The highest BCUT2D eigenvalue weighted by Gasteiger charge is 2.34. The molecular weight excluding hydrogens is 321 g/mol. The normalized spacial score (nSPS) is 20.8. The fourth-order valence-corrected chi connectivity index (χ4v) is 3.29. The summed E-state index contributed by atoms with van der Waals surface area (Å²) in [5, 5.41) is 10.9. The van der Waals surface area contributed by atoms with Crippen molar-refractivity contribution >= 4 is 5.97 Å². The van der Waals surface area contributed by atoms with Gasteiger partial charge in [0.05, 0.1) is 12.6 Å². The number of alkyl halides is 2. The highest BCUT2D eigenvalue weighted by Crippen LogP contribution is 2.45. The van der Waals surface area contributed by atoms with Crippen LogP contribution in [0.25, 0.3) is 0 Å². The predicted molar refractivity (Wildman–Crippen MR) is 79.7 cm³/mol. The molecule has 0 radical (unpaired) electrons. The molecule has 2 aliphatic carbocycles. The second-order valence-electron chi connectivity index (χ2n) is 6.87. The van der Waals surface area contributed by atoms with Crippen molar-refractivity contribution in [3.8, 4) is 5.75 Å². The molecule has 2 aliphatic rings. The molecule has 0 saturated heterocycles. The van der Waals surface area contributed by atoms with Crippen molar-refractivity contribution in [3.63, 3.8) is 0 Å². The first-order chi connectivity index (χ1) is 11.4. The Kier molecular flexibility index (Phi) is 4.74. The molecule has 0 aromatic heterocycles. The van der Waals surface area contributed by atoms with Gasteiger partial charge in [-0.15, -0.1) is 0 Å². The number of carbonyl (C=O) groups excluding carboxylic acids is 1. The van der Waals surface area contributed by atoms with Gasteiger partial charge in [-0.1, -0.05) is 0 Å². The van der Waals surface area contributed by atoms with Crippen LogP contribution in [0.4, 0.5) is 13.2 Å². The van der Waals surface area contributed by atoms with Gasteiger partial charge in [0.2, 0.25) is 5.92 Å². The standard InChI is InChI=1S/C18H21F3O3/c19-15-10-16(13(12-1-2-12)9-14(15)17(22)23)24-8-5-11-3-6-18(20,21)7-4-11/h9-12H,1-8H2,(H,22,23)/p-1. The molecule has 0 heterocycles. The largest absolute Gasteiger partial charge is 0.545 e. The van der Waals surface area contributed by atoms with Crippen molar-refractivity contribution in [2.75, 3.05) is 6.61 Å². The summed E-state index contributed by atoms with van der Waals surface area (Å²) in [7, 11) is 0. The zero-order valence-corrected chi connectivity index (χ0v) is 13.3. The summed E-state index contributed by atoms with van der Waals surface area (Å²) in [6.07, 6.45) is 3.27. The van der Waals surface area contributed by atoms with Gasteiger partial charge in [0.15, 0.2) is 0 Å². The van der Waals surface area contributed by atoms with Gasteiger partial charge in [-0.25, -0.2) is 13.2 Å². The minimum atomic E-state index is -2.54. The van der Waals surface area contributed by atoms with Crippen molar-refractivity contribution in [1.82, 2.24) is 0 Å². The predicted octanol–water partition coefficient (Wildman–Crippen LogP) is 3.66. The lowest BCUT2D eigenvalue weighted by molar-refractivity contribution is -0.255. The summed E-state index contributed by atoms with van der Waals surface area (Å²) in [5.74, 6) is -4.19. The molecule has 3 nitrogen and oxygen atoms in total. The summed E-state index contributed by atoms with van der Waals surface area (Å²) in [6.45, 7) is 0.320. The molecule has 0 unspecified atom stereocenters. The molecule has 1 aromatic carbocycles. The molecule has 1 aromatic rings. The molecule has 0 bridgehead atoms. The van der Waals surface area contributed by atoms with E-state index in [4.69, 9.17) is 4.74 Å². The van der Waals surface area contributed by atoms with Crippen molar-refractivity contribution < 1.29 is 27.8 Å². The maximum atomic E-state index is 13.8. The molecule has 0 aliphatic heterocycles. The van der Waals surface area contributed by atoms with Gasteiger partial charge in [-0.3, -0.25) is 0 Å². The van der Waals surface area contributed by atoms with Gasteiger partial charge in [0.25, 0.3) is 0 Å². The van der Waals surface area contributed by atoms with E-state index in [1.807, 2.05) is 0 Å². The summed E-state index contributed by atoms with van der Waals surface area (Å²) in [6, 6.07) is 2.41. The van der Waals surface area contributed by atoms with E-state index in [0.717, 1.165) is 18.9 Å². The number of hydrogen-bond donors (Lipinski definition) is 0. The van der Waals surface area contributed by atoms with Crippen LogP contribution in [0.15, 0.2) is 12.1 Å². The summed E-state index contributed by atoms with van der Waals surface area (Å²) in [5.41, 5.74) is 0.254. The second-order valence-corrected chi connectivity index (χ2v) is 6.87. The topological polar surface area (TPSA) is 49.4 Å². The molecule has 3 rings (SSSR count). The quantitative estimate of drug-likeness (QED) is 0.793. The zero-order valence-electron chi connectivity index (χ0n) is 13.3. The lowest BCUT2D eigenvalue weighted by Crippen LogP contribution is -2.25. The lowest BCUT2D eigenvalue weighted by atomic mass is 9.85. The van der Waals surface area contributed by atoms with Crippen LogP contribution in [0.2, 0.25) is 0 Å². The number of halogens is 3. The van der Waals surface area contributed by atoms with Crippen molar-refractivity contribution in [1.29, 1.82) is 0 Å². The number of rotatable bonds is 6. The van der Waals surface area contributed by atoms with E-state index in [2.05, 4.69) is 0 Å². The van der Waals surface area contributed by atoms with Crippen LogP contribution in [0.5, 0.6) is 5.75 Å². The Bertz CT molecular complexity index is 616. The Hall–Kier alpha value is -1.72. The lowest BCUT2D eigenvalue weighted by Gasteiger charge is -2.28. The van der Waals surface area contributed by atoms with Crippen LogP contribution in [0.1, 0.15) is 66.8 Å². The molecule has 24 heavy (non-hydrogen) atoms. The van der Waals surface area contributed by atoms with E-state index in [1.165, 1.54) is 6.07 Å². The first-order valence-electron chi connectivity index (χ1n) is 8.41. The third-order valence-corrected chi connectivity index (χ3v) is 4.96. The average Bonchev–Trinajstić information content (AvgIpc) is 3.33. The van der Waals surface area contributed by atoms with E-state index in [1.54, 1.807) is 0 Å². The third-order valence-electron chi connectivity index (χ3n) is 4.96. The van der Waals surface area contributed by atoms with Crippen LogP contribution in [-0.2, 0) is 0 Å². The molecule has 132 valence electrons. The van der Waals surface area contributed by atoms with E-state index >= 15 is 0 Å². The number of benzene rings is 1. The van der Waals surface area contributed by atoms with Gasteiger partial charge < -0.3 is 14.6 Å². The number of carbonyl (C=O) groups is 1. The van der Waals surface area contributed by atoms with Gasteiger partial charge in [0.1, 0.15) is 11.6 Å². The monoisotopic (exact) mass is 341 g/mol. The Morgan fingerprint density at radius 2 is 1.88 bits per heavy atom. The third kappa shape index (κ3) is 4.02. The Labute approximate surface area is 138 Å². The van der Waals surface area contributed by atoms with Crippen molar-refractivity contribution in [2.45, 2.75) is 56.8 Å². The molecule has 0 amide bonds. The van der Waals surface area contributed by atoms with Crippen LogP contribution in [0.3, 0.4) is 0 Å². The smallest absolute Gasteiger partial charge is 0.248 e. The molecule has 0 N–H and O–H groups in total. The number of hydrogen-bond acceptors (Lipinski definition) is 3. The zero-order chi connectivity index (χ0) is 17.3. The molecule has 0 spiro atoms. The summed E-state index contributed by atoms with van der Waals surface area (Å²) >= 11 is 0. The van der Waals surface area contributed by atoms with E-state index in [0.29, 0.717) is 37.2 Å². The molecule has 0 atom stereocenters. The number of carboxylic acid groups (broad SMARTS) is 1. The second kappa shape index (κ2) is 6.65. The van der Waals surface area contributed by atoms with Crippen molar-refractivity contribution in [2.24, 2.45) is 5.92 Å². The van der Waals surface area contributed by atoms with Crippen LogP contribution in [0, 0.1) is 11.7 Å². The molecule has 2 fully saturated rings.